The van der Waals surface area contributed by atoms with Crippen LogP contribution in [0.15, 0.2) is 60.7 Å². The van der Waals surface area contributed by atoms with Gasteiger partial charge in [0, 0.05) is 0 Å². The molecule has 1 atom stereocenters. The van der Waals surface area contributed by atoms with E-state index in [1.54, 1.807) is 0 Å². The van der Waals surface area contributed by atoms with Crippen LogP contribution in [0.25, 0.3) is 0 Å². The van der Waals surface area contributed by atoms with E-state index in [-0.39, 0.29) is 12.5 Å². The minimum Gasteiger partial charge on any atom is -0.375 e. The van der Waals surface area contributed by atoms with Crippen LogP contribution in [0.1, 0.15) is 25.0 Å². The van der Waals surface area contributed by atoms with Crippen LogP contribution in [0.3, 0.4) is 0 Å². The van der Waals surface area contributed by atoms with Crippen molar-refractivity contribution in [2.45, 2.75) is 32.0 Å². The predicted molar refractivity (Wildman–Crippen MR) is 91.7 cm³/mol. The highest BCUT2D eigenvalue weighted by Gasteiger charge is 2.25. The van der Waals surface area contributed by atoms with Crippen molar-refractivity contribution in [3.05, 3.63) is 71.8 Å². The molecule has 23 heavy (non-hydrogen) atoms. The van der Waals surface area contributed by atoms with Crippen LogP contribution >= 0.6 is 0 Å². The Labute approximate surface area is 137 Å². The molecule has 0 aliphatic rings. The maximum atomic E-state index is 12.3. The van der Waals surface area contributed by atoms with Crippen LogP contribution in [0.5, 0.6) is 0 Å². The van der Waals surface area contributed by atoms with Crippen molar-refractivity contribution < 1.29 is 9.53 Å². The molecule has 0 heterocycles. The van der Waals surface area contributed by atoms with Gasteiger partial charge in [0.05, 0.1) is 18.8 Å². The summed E-state index contributed by atoms with van der Waals surface area (Å²) in [4.78, 5) is 12.3. The number of benzene rings is 2. The number of hydrogen-bond acceptors (Lipinski definition) is 3. The van der Waals surface area contributed by atoms with Crippen molar-refractivity contribution in [1.29, 1.82) is 0 Å². The van der Waals surface area contributed by atoms with E-state index in [0.29, 0.717) is 6.61 Å². The van der Waals surface area contributed by atoms with Crippen molar-refractivity contribution >= 4 is 5.91 Å². The molecule has 0 aliphatic heterocycles. The van der Waals surface area contributed by atoms with E-state index in [1.807, 2.05) is 74.5 Å². The normalized spacial score (nSPS) is 12.7. The van der Waals surface area contributed by atoms with E-state index >= 15 is 0 Å². The molecular formula is C19H24N2O2. The lowest BCUT2D eigenvalue weighted by molar-refractivity contribution is -0.125. The van der Waals surface area contributed by atoms with Crippen molar-refractivity contribution in [3.63, 3.8) is 0 Å². The smallest absolute Gasteiger partial charge is 0.239 e. The number of carbonyl (C=O) groups is 1. The number of nitrogens with one attached hydrogen (secondary N) is 1. The molecule has 3 N–H and O–H groups in total. The second kappa shape index (κ2) is 7.90. The van der Waals surface area contributed by atoms with Gasteiger partial charge in [-0.15, -0.1) is 0 Å². The standard InChI is InChI=1S/C19H24N2O2/c1-19(2,16-11-7-4-8-12-16)21-18(22)17(20)14-23-13-15-9-5-3-6-10-15/h3-12,17H,13-14,20H2,1-2H3,(H,21,22)/t17-/m0/s1. The van der Waals surface area contributed by atoms with E-state index in [4.69, 9.17) is 10.5 Å². The summed E-state index contributed by atoms with van der Waals surface area (Å²) in [5, 5.41) is 2.98. The largest absolute Gasteiger partial charge is 0.375 e. The third-order valence-corrected chi connectivity index (χ3v) is 3.68. The molecule has 4 heteroatoms. The SMILES string of the molecule is CC(C)(NC(=O)[C@@H](N)COCc1ccccc1)c1ccccc1. The highest BCUT2D eigenvalue weighted by atomic mass is 16.5. The molecule has 2 aromatic carbocycles. The van der Waals surface area contributed by atoms with Gasteiger partial charge < -0.3 is 15.8 Å². The Morgan fingerprint density at radius 1 is 1.09 bits per heavy atom. The Morgan fingerprint density at radius 2 is 1.65 bits per heavy atom. The third kappa shape index (κ3) is 5.20. The number of carbonyl (C=O) groups excluding carboxylic acids is 1. The molecule has 0 aliphatic carbocycles. The molecule has 0 fully saturated rings. The van der Waals surface area contributed by atoms with E-state index in [0.717, 1.165) is 11.1 Å². The first-order valence-electron chi connectivity index (χ1n) is 7.74. The number of rotatable bonds is 7. The monoisotopic (exact) mass is 312 g/mol. The van der Waals surface area contributed by atoms with Gasteiger partial charge in [0.25, 0.3) is 0 Å². The molecule has 0 spiro atoms. The van der Waals surface area contributed by atoms with E-state index < -0.39 is 11.6 Å². The topological polar surface area (TPSA) is 64.4 Å². The fourth-order valence-corrected chi connectivity index (χ4v) is 2.28. The second-order valence-corrected chi connectivity index (χ2v) is 6.09. The zero-order valence-corrected chi connectivity index (χ0v) is 13.7. The fourth-order valence-electron chi connectivity index (χ4n) is 2.28. The Hall–Kier alpha value is -2.17. The van der Waals surface area contributed by atoms with Gasteiger partial charge >= 0.3 is 0 Å². The number of nitrogens with two attached hydrogens (primary N) is 1. The molecule has 0 unspecified atom stereocenters. The summed E-state index contributed by atoms with van der Waals surface area (Å²) in [6.07, 6.45) is 0. The maximum Gasteiger partial charge on any atom is 0.239 e. The van der Waals surface area contributed by atoms with Crippen LogP contribution in [0.4, 0.5) is 0 Å². The van der Waals surface area contributed by atoms with Gasteiger partial charge in [-0.2, -0.15) is 0 Å². The highest BCUT2D eigenvalue weighted by molar-refractivity contribution is 5.82. The molecule has 4 nitrogen and oxygen atoms in total. The fraction of sp³-hybridized carbons (Fsp3) is 0.316. The van der Waals surface area contributed by atoms with Crippen LogP contribution in [0.2, 0.25) is 0 Å². The molecular weight excluding hydrogens is 288 g/mol. The van der Waals surface area contributed by atoms with Crippen LogP contribution in [0, 0.1) is 0 Å². The van der Waals surface area contributed by atoms with E-state index in [1.165, 1.54) is 0 Å². The Kier molecular flexibility index (Phi) is 5.90. The molecule has 0 saturated carbocycles. The van der Waals surface area contributed by atoms with Gasteiger partial charge in [0.2, 0.25) is 5.91 Å². The van der Waals surface area contributed by atoms with Crippen molar-refractivity contribution in [1.82, 2.24) is 5.32 Å². The molecule has 122 valence electrons. The molecule has 0 radical (unpaired) electrons. The molecule has 0 aromatic heterocycles. The maximum absolute atomic E-state index is 12.3. The van der Waals surface area contributed by atoms with Crippen LogP contribution in [-0.2, 0) is 21.7 Å². The lowest BCUT2D eigenvalue weighted by Crippen LogP contribution is -2.50. The quantitative estimate of drug-likeness (QED) is 0.826. The highest BCUT2D eigenvalue weighted by Crippen LogP contribution is 2.19. The Morgan fingerprint density at radius 3 is 2.26 bits per heavy atom. The van der Waals surface area contributed by atoms with Gasteiger partial charge in [-0.3, -0.25) is 4.79 Å². The molecule has 1 amide bonds. The first kappa shape index (κ1) is 17.2. The van der Waals surface area contributed by atoms with E-state index in [2.05, 4.69) is 5.32 Å². The van der Waals surface area contributed by atoms with Gasteiger partial charge in [0.15, 0.2) is 0 Å². The van der Waals surface area contributed by atoms with E-state index in [9.17, 15) is 4.79 Å². The van der Waals surface area contributed by atoms with Gasteiger partial charge in [-0.05, 0) is 25.0 Å². The first-order valence-corrected chi connectivity index (χ1v) is 7.74. The lowest BCUT2D eigenvalue weighted by Gasteiger charge is -2.28. The molecule has 2 aromatic rings. The average molecular weight is 312 g/mol. The summed E-state index contributed by atoms with van der Waals surface area (Å²) < 4.78 is 5.54. The van der Waals surface area contributed by atoms with Crippen molar-refractivity contribution in [2.24, 2.45) is 5.73 Å². The second-order valence-electron chi connectivity index (χ2n) is 6.09. The first-order chi connectivity index (χ1) is 11.0. The van der Waals surface area contributed by atoms with Crippen molar-refractivity contribution in [2.75, 3.05) is 6.61 Å². The minimum atomic E-state index is -0.693. The average Bonchev–Trinajstić information content (AvgIpc) is 2.56. The Balaban J connectivity index is 1.83. The number of amides is 1. The Bertz CT molecular complexity index is 612. The zero-order valence-electron chi connectivity index (χ0n) is 13.7. The predicted octanol–water partition coefficient (Wildman–Crippen LogP) is 2.58. The summed E-state index contributed by atoms with van der Waals surface area (Å²) in [6, 6.07) is 18.9. The lowest BCUT2D eigenvalue weighted by atomic mass is 9.94. The van der Waals surface area contributed by atoms with Gasteiger partial charge in [-0.1, -0.05) is 60.7 Å². The summed E-state index contributed by atoms with van der Waals surface area (Å²) in [5.41, 5.74) is 7.55. The molecule has 2 rings (SSSR count). The van der Waals surface area contributed by atoms with Crippen molar-refractivity contribution in [3.8, 4) is 0 Å². The zero-order chi connectivity index (χ0) is 16.7. The van der Waals surface area contributed by atoms with Crippen LogP contribution < -0.4 is 11.1 Å². The summed E-state index contributed by atoms with van der Waals surface area (Å²) in [6.45, 7) is 4.55. The van der Waals surface area contributed by atoms with Gasteiger partial charge in [0.1, 0.15) is 6.04 Å². The number of hydrogen-bond donors (Lipinski definition) is 2. The summed E-state index contributed by atoms with van der Waals surface area (Å²) in [7, 11) is 0. The minimum absolute atomic E-state index is 0.186. The van der Waals surface area contributed by atoms with Crippen LogP contribution in [-0.4, -0.2) is 18.6 Å². The number of ether oxygens (including phenoxy) is 1. The summed E-state index contributed by atoms with van der Waals surface area (Å²) >= 11 is 0. The van der Waals surface area contributed by atoms with Gasteiger partial charge in [-0.25, -0.2) is 0 Å². The third-order valence-electron chi connectivity index (χ3n) is 3.68. The molecule has 0 bridgehead atoms. The summed E-state index contributed by atoms with van der Waals surface area (Å²) in [5.74, 6) is -0.216. The molecule has 0 saturated heterocycles.